The molecule has 0 aromatic carbocycles. The van der Waals surface area contributed by atoms with Gasteiger partial charge in [-0.1, -0.05) is 24.9 Å². The van der Waals surface area contributed by atoms with Gasteiger partial charge in [0.1, 0.15) is 0 Å². The zero-order valence-corrected chi connectivity index (χ0v) is 11.3. The van der Waals surface area contributed by atoms with Gasteiger partial charge in [-0.2, -0.15) is 0 Å². The van der Waals surface area contributed by atoms with Crippen molar-refractivity contribution < 1.29 is 0 Å². The second-order valence-corrected chi connectivity index (χ2v) is 3.24. The van der Waals surface area contributed by atoms with Crippen molar-refractivity contribution in [2.24, 2.45) is 5.84 Å². The molecular formula is C8H16Cl3N5. The number of hydrazine groups is 1. The Morgan fingerprint density at radius 1 is 1.38 bits per heavy atom. The van der Waals surface area contributed by atoms with Crippen LogP contribution in [0, 0.1) is 0 Å². The molecular weight excluding hydrogens is 272 g/mol. The fourth-order valence-electron chi connectivity index (χ4n) is 1.01. The molecule has 94 valence electrons. The molecule has 0 fully saturated rings. The number of hydrogen-bond donors (Lipinski definition) is 3. The van der Waals surface area contributed by atoms with E-state index >= 15 is 0 Å². The Hall–Kier alpha value is -0.490. The second-order valence-electron chi connectivity index (χ2n) is 2.85. The molecule has 16 heavy (non-hydrogen) atoms. The Morgan fingerprint density at radius 2 is 2.06 bits per heavy atom. The van der Waals surface area contributed by atoms with Crippen LogP contribution in [-0.4, -0.2) is 16.7 Å². The Labute approximate surface area is 112 Å². The van der Waals surface area contributed by atoms with Crippen LogP contribution in [0.5, 0.6) is 0 Å². The van der Waals surface area contributed by atoms with Gasteiger partial charge in [0.25, 0.3) is 0 Å². The third-order valence-electron chi connectivity index (χ3n) is 1.75. The molecule has 0 saturated carbocycles. The van der Waals surface area contributed by atoms with Gasteiger partial charge >= 0.3 is 0 Å². The number of halogens is 3. The summed E-state index contributed by atoms with van der Waals surface area (Å²) in [6.07, 6.45) is 2.22. The first kappa shape index (κ1) is 17.9. The van der Waals surface area contributed by atoms with Crippen LogP contribution < -0.4 is 16.6 Å². The van der Waals surface area contributed by atoms with Crippen LogP contribution in [-0.2, 0) is 0 Å². The molecule has 1 rings (SSSR count). The summed E-state index contributed by atoms with van der Waals surface area (Å²) in [4.78, 5) is 0. The molecule has 0 saturated heterocycles. The van der Waals surface area contributed by atoms with Crippen LogP contribution in [0.25, 0.3) is 0 Å². The molecule has 0 atom stereocenters. The molecule has 8 heteroatoms. The number of unbranched alkanes of at least 4 members (excludes halogenated alkanes) is 1. The van der Waals surface area contributed by atoms with Crippen molar-refractivity contribution in [1.29, 1.82) is 0 Å². The van der Waals surface area contributed by atoms with Gasteiger partial charge in [0.2, 0.25) is 0 Å². The van der Waals surface area contributed by atoms with Gasteiger partial charge in [-0.15, -0.1) is 35.0 Å². The highest BCUT2D eigenvalue weighted by atomic mass is 35.5. The molecule has 0 bridgehead atoms. The van der Waals surface area contributed by atoms with Gasteiger partial charge in [0.15, 0.2) is 11.0 Å². The minimum absolute atomic E-state index is 0. The summed E-state index contributed by atoms with van der Waals surface area (Å²) in [5.41, 5.74) is 3.23. The first-order chi connectivity index (χ1) is 6.77. The Balaban J connectivity index is 0. The number of rotatable bonds is 5. The summed E-state index contributed by atoms with van der Waals surface area (Å²) >= 11 is 5.70. The van der Waals surface area contributed by atoms with Crippen molar-refractivity contribution in [2.45, 2.75) is 19.8 Å². The van der Waals surface area contributed by atoms with Gasteiger partial charge in [-0.3, -0.25) is 0 Å². The number of aromatic nitrogens is 2. The monoisotopic (exact) mass is 287 g/mol. The van der Waals surface area contributed by atoms with Crippen LogP contribution >= 0.6 is 36.4 Å². The number of hydrogen-bond acceptors (Lipinski definition) is 5. The maximum atomic E-state index is 5.70. The molecule has 0 unspecified atom stereocenters. The molecule has 4 N–H and O–H groups in total. The molecule has 5 nitrogen and oxygen atoms in total. The summed E-state index contributed by atoms with van der Waals surface area (Å²) in [6, 6.07) is 1.69. The molecule has 1 heterocycles. The number of nitrogens with zero attached hydrogens (tertiary/aromatic N) is 2. The molecule has 1 aromatic heterocycles. The highest BCUT2D eigenvalue weighted by molar-refractivity contribution is 6.29. The van der Waals surface area contributed by atoms with E-state index in [1.165, 1.54) is 0 Å². The summed E-state index contributed by atoms with van der Waals surface area (Å²) < 4.78 is 0. The van der Waals surface area contributed by atoms with E-state index in [0.717, 1.165) is 25.1 Å². The SMILES string of the molecule is CCCCNc1cc(Cl)nnc1NN.Cl.Cl. The lowest BCUT2D eigenvalue weighted by Gasteiger charge is -2.09. The van der Waals surface area contributed by atoms with Crippen molar-refractivity contribution >= 4 is 47.9 Å². The average Bonchev–Trinajstić information content (AvgIpc) is 2.19. The van der Waals surface area contributed by atoms with Gasteiger partial charge in [-0.05, 0) is 6.42 Å². The molecule has 0 spiro atoms. The topological polar surface area (TPSA) is 75.9 Å². The average molecular weight is 289 g/mol. The second kappa shape index (κ2) is 9.72. The lowest BCUT2D eigenvalue weighted by molar-refractivity contribution is 0.833. The van der Waals surface area contributed by atoms with Crippen molar-refractivity contribution in [2.75, 3.05) is 17.3 Å². The van der Waals surface area contributed by atoms with Gasteiger partial charge < -0.3 is 10.7 Å². The first-order valence-electron chi connectivity index (χ1n) is 4.51. The minimum Gasteiger partial charge on any atom is -0.382 e. The number of nitrogens with two attached hydrogens (primary N) is 1. The molecule has 0 radical (unpaired) electrons. The summed E-state index contributed by atoms with van der Waals surface area (Å²) in [6.45, 7) is 2.99. The highest BCUT2D eigenvalue weighted by Crippen LogP contribution is 2.19. The number of nitrogen functional groups attached to an aromatic ring is 1. The van der Waals surface area contributed by atoms with Crippen molar-refractivity contribution in [3.05, 3.63) is 11.2 Å². The largest absolute Gasteiger partial charge is 0.382 e. The predicted molar refractivity (Wildman–Crippen MR) is 72.7 cm³/mol. The van der Waals surface area contributed by atoms with E-state index in [-0.39, 0.29) is 24.8 Å². The smallest absolute Gasteiger partial charge is 0.186 e. The van der Waals surface area contributed by atoms with Crippen LogP contribution in [0.4, 0.5) is 11.5 Å². The summed E-state index contributed by atoms with van der Waals surface area (Å²) in [5.74, 6) is 5.77. The molecule has 0 aliphatic rings. The minimum atomic E-state index is 0. The fourth-order valence-corrected chi connectivity index (χ4v) is 1.16. The molecule has 0 amide bonds. The van der Waals surface area contributed by atoms with E-state index < -0.39 is 0 Å². The Kier molecular flexibility index (Phi) is 10.9. The van der Waals surface area contributed by atoms with Crippen molar-refractivity contribution in [3.8, 4) is 0 Å². The van der Waals surface area contributed by atoms with Gasteiger partial charge in [0, 0.05) is 12.6 Å². The Morgan fingerprint density at radius 3 is 2.62 bits per heavy atom. The quantitative estimate of drug-likeness (QED) is 0.441. The first-order valence-corrected chi connectivity index (χ1v) is 4.89. The standard InChI is InChI=1S/C8H14ClN5.2ClH/c1-2-3-4-11-6-5-7(9)13-14-8(6)12-10;;/h5H,2-4,10H2,1H3,(H,11,13)(H,12,14);2*1H. The van der Waals surface area contributed by atoms with Crippen LogP contribution in [0.2, 0.25) is 5.15 Å². The van der Waals surface area contributed by atoms with E-state index in [1.54, 1.807) is 6.07 Å². The van der Waals surface area contributed by atoms with E-state index in [2.05, 4.69) is 27.9 Å². The maximum absolute atomic E-state index is 5.70. The summed E-state index contributed by atoms with van der Waals surface area (Å²) in [5, 5.41) is 11.0. The zero-order valence-electron chi connectivity index (χ0n) is 8.86. The molecule has 0 aliphatic heterocycles. The van der Waals surface area contributed by atoms with Gasteiger partial charge in [-0.25, -0.2) is 5.84 Å². The van der Waals surface area contributed by atoms with Gasteiger partial charge in [0.05, 0.1) is 5.69 Å². The fraction of sp³-hybridized carbons (Fsp3) is 0.500. The predicted octanol–water partition coefficient (Wildman–Crippen LogP) is 2.47. The third-order valence-corrected chi connectivity index (χ3v) is 1.93. The molecule has 0 aliphatic carbocycles. The normalized spacial score (nSPS) is 8.69. The zero-order chi connectivity index (χ0) is 10.4. The molecule has 1 aromatic rings. The van der Waals surface area contributed by atoms with Crippen molar-refractivity contribution in [1.82, 2.24) is 10.2 Å². The van der Waals surface area contributed by atoms with Crippen LogP contribution in [0.1, 0.15) is 19.8 Å². The Bertz CT molecular complexity index is 297. The van der Waals surface area contributed by atoms with E-state index in [9.17, 15) is 0 Å². The summed E-state index contributed by atoms with van der Waals surface area (Å²) in [7, 11) is 0. The van der Waals surface area contributed by atoms with E-state index in [0.29, 0.717) is 11.0 Å². The van der Waals surface area contributed by atoms with Crippen LogP contribution in [0.3, 0.4) is 0 Å². The number of anilines is 2. The highest BCUT2D eigenvalue weighted by Gasteiger charge is 2.03. The van der Waals surface area contributed by atoms with Crippen molar-refractivity contribution in [3.63, 3.8) is 0 Å². The maximum Gasteiger partial charge on any atom is 0.186 e. The lowest BCUT2D eigenvalue weighted by Crippen LogP contribution is -2.13. The number of nitrogens with one attached hydrogen (secondary N) is 2. The third kappa shape index (κ3) is 5.55. The van der Waals surface area contributed by atoms with E-state index in [4.69, 9.17) is 17.4 Å². The van der Waals surface area contributed by atoms with Crippen LogP contribution in [0.15, 0.2) is 6.07 Å². The van der Waals surface area contributed by atoms with E-state index in [1.807, 2.05) is 0 Å². The lowest BCUT2D eigenvalue weighted by atomic mass is 10.3.